The van der Waals surface area contributed by atoms with Gasteiger partial charge in [-0.25, -0.2) is 4.39 Å². The quantitative estimate of drug-likeness (QED) is 0.477. The van der Waals surface area contributed by atoms with E-state index in [1.165, 1.54) is 48.7 Å². The van der Waals surface area contributed by atoms with Crippen LogP contribution in [-0.2, 0) is 6.54 Å². The Kier molecular flexibility index (Phi) is 8.10. The van der Waals surface area contributed by atoms with Crippen molar-refractivity contribution >= 4 is 23.3 Å². The first-order valence-electron chi connectivity index (χ1n) is 10.5. The number of nitrogens with zero attached hydrogens (tertiary/aromatic N) is 1. The molecule has 1 fully saturated rings. The minimum Gasteiger partial charge on any atom is -0.361 e. The second kappa shape index (κ2) is 10.8. The number of likely N-dealkylation sites (tertiary alicyclic amines) is 1. The number of benzene rings is 2. The lowest BCUT2D eigenvalue weighted by Gasteiger charge is -2.32. The number of aromatic amines is 1. The van der Waals surface area contributed by atoms with Gasteiger partial charge in [-0.3, -0.25) is 0 Å². The first-order chi connectivity index (χ1) is 13.8. The van der Waals surface area contributed by atoms with Gasteiger partial charge in [-0.05, 0) is 87.1 Å². The van der Waals surface area contributed by atoms with Crippen molar-refractivity contribution in [3.05, 3.63) is 71.7 Å². The molecule has 2 N–H and O–H groups in total. The number of H-pyrrole nitrogens is 1. The molecule has 5 heteroatoms. The molecular formula is C24H31ClFN3. The SMILES string of the molecule is Cl.Fc1ccc2c(C3CCN(CCCCNCc4ccccc4)CC3)c[nH]c2c1. The minimum atomic E-state index is -0.172. The fourth-order valence-corrected chi connectivity index (χ4v) is 4.34. The zero-order valence-electron chi connectivity index (χ0n) is 16.9. The standard InChI is InChI=1S/C24H30FN3.ClH/c25-21-8-9-22-23(18-27-24(22)16-21)20-10-14-28(15-11-20)13-5-4-12-26-17-19-6-2-1-3-7-19;/h1-3,6-9,16,18,20,26-27H,4-5,10-15,17H2;1H. The normalized spacial score (nSPS) is 15.5. The molecule has 0 bridgehead atoms. The number of rotatable bonds is 8. The van der Waals surface area contributed by atoms with Crippen molar-refractivity contribution in [3.8, 4) is 0 Å². The lowest BCUT2D eigenvalue weighted by Crippen LogP contribution is -2.34. The van der Waals surface area contributed by atoms with E-state index in [1.807, 2.05) is 6.07 Å². The highest BCUT2D eigenvalue weighted by atomic mass is 35.5. The third-order valence-electron chi connectivity index (χ3n) is 5.95. The van der Waals surface area contributed by atoms with Crippen LogP contribution in [0.4, 0.5) is 4.39 Å². The maximum atomic E-state index is 13.4. The van der Waals surface area contributed by atoms with Gasteiger partial charge < -0.3 is 15.2 Å². The van der Waals surface area contributed by atoms with E-state index in [0.29, 0.717) is 5.92 Å². The number of hydrogen-bond donors (Lipinski definition) is 2. The number of piperidine rings is 1. The molecule has 0 atom stereocenters. The van der Waals surface area contributed by atoms with Crippen LogP contribution in [0.25, 0.3) is 10.9 Å². The van der Waals surface area contributed by atoms with Crippen molar-refractivity contribution in [1.29, 1.82) is 0 Å². The van der Waals surface area contributed by atoms with Crippen LogP contribution in [0.3, 0.4) is 0 Å². The summed E-state index contributed by atoms with van der Waals surface area (Å²) in [7, 11) is 0. The molecule has 0 saturated carbocycles. The van der Waals surface area contributed by atoms with Gasteiger partial charge in [0.2, 0.25) is 0 Å². The second-order valence-corrected chi connectivity index (χ2v) is 7.92. The molecule has 0 unspecified atom stereocenters. The highest BCUT2D eigenvalue weighted by molar-refractivity contribution is 5.85. The van der Waals surface area contributed by atoms with E-state index in [-0.39, 0.29) is 18.2 Å². The summed E-state index contributed by atoms with van der Waals surface area (Å²) < 4.78 is 13.4. The van der Waals surface area contributed by atoms with Crippen LogP contribution in [0.15, 0.2) is 54.7 Å². The number of halogens is 2. The smallest absolute Gasteiger partial charge is 0.125 e. The van der Waals surface area contributed by atoms with Gasteiger partial charge in [0, 0.05) is 23.6 Å². The number of fused-ring (bicyclic) bond motifs is 1. The predicted molar refractivity (Wildman–Crippen MR) is 121 cm³/mol. The third-order valence-corrected chi connectivity index (χ3v) is 5.95. The number of hydrogen-bond acceptors (Lipinski definition) is 2. The number of aromatic nitrogens is 1. The second-order valence-electron chi connectivity index (χ2n) is 7.92. The summed E-state index contributed by atoms with van der Waals surface area (Å²) in [5.41, 5.74) is 3.63. The van der Waals surface area contributed by atoms with Gasteiger partial charge in [0.15, 0.2) is 0 Å². The Labute approximate surface area is 179 Å². The molecule has 2 aromatic carbocycles. The first-order valence-corrected chi connectivity index (χ1v) is 10.5. The highest BCUT2D eigenvalue weighted by Gasteiger charge is 2.22. The Morgan fingerprint density at radius 1 is 1.03 bits per heavy atom. The van der Waals surface area contributed by atoms with Gasteiger partial charge in [0.05, 0.1) is 0 Å². The van der Waals surface area contributed by atoms with Crippen LogP contribution < -0.4 is 5.32 Å². The molecule has 1 aromatic heterocycles. The average Bonchev–Trinajstić information content (AvgIpc) is 3.15. The van der Waals surface area contributed by atoms with Crippen LogP contribution in [0, 0.1) is 5.82 Å². The summed E-state index contributed by atoms with van der Waals surface area (Å²) in [6.07, 6.45) is 6.94. The molecule has 29 heavy (non-hydrogen) atoms. The van der Waals surface area contributed by atoms with E-state index >= 15 is 0 Å². The molecule has 3 nitrogen and oxygen atoms in total. The highest BCUT2D eigenvalue weighted by Crippen LogP contribution is 2.33. The lowest BCUT2D eigenvalue weighted by molar-refractivity contribution is 0.209. The van der Waals surface area contributed by atoms with Crippen LogP contribution in [0.2, 0.25) is 0 Å². The molecule has 1 aliphatic rings. The van der Waals surface area contributed by atoms with Crippen LogP contribution in [0.1, 0.15) is 42.7 Å². The summed E-state index contributed by atoms with van der Waals surface area (Å²) in [6, 6.07) is 15.7. The van der Waals surface area contributed by atoms with E-state index in [1.54, 1.807) is 12.1 Å². The molecule has 0 spiro atoms. The minimum absolute atomic E-state index is 0. The summed E-state index contributed by atoms with van der Waals surface area (Å²) in [4.78, 5) is 5.84. The van der Waals surface area contributed by atoms with E-state index in [0.717, 1.165) is 31.7 Å². The summed E-state index contributed by atoms with van der Waals surface area (Å²) in [5, 5.41) is 4.72. The van der Waals surface area contributed by atoms with Crippen LogP contribution in [-0.4, -0.2) is 36.1 Å². The van der Waals surface area contributed by atoms with Gasteiger partial charge in [-0.15, -0.1) is 12.4 Å². The van der Waals surface area contributed by atoms with Crippen LogP contribution >= 0.6 is 12.4 Å². The summed E-state index contributed by atoms with van der Waals surface area (Å²) in [5.74, 6) is 0.414. The molecule has 1 aliphatic heterocycles. The summed E-state index contributed by atoms with van der Waals surface area (Å²) in [6.45, 7) is 5.56. The van der Waals surface area contributed by atoms with Gasteiger partial charge in [-0.2, -0.15) is 0 Å². The fraction of sp³-hybridized carbons (Fsp3) is 0.417. The zero-order chi connectivity index (χ0) is 19.2. The Morgan fingerprint density at radius 3 is 2.62 bits per heavy atom. The van der Waals surface area contributed by atoms with Gasteiger partial charge in [0.1, 0.15) is 5.82 Å². The Bertz CT molecular complexity index is 872. The van der Waals surface area contributed by atoms with E-state index in [9.17, 15) is 4.39 Å². The molecule has 0 aliphatic carbocycles. The maximum Gasteiger partial charge on any atom is 0.125 e. The van der Waals surface area contributed by atoms with Gasteiger partial charge in [0.25, 0.3) is 0 Å². The molecule has 2 heterocycles. The lowest BCUT2D eigenvalue weighted by atomic mass is 9.89. The molecule has 0 radical (unpaired) electrons. The molecule has 4 rings (SSSR count). The van der Waals surface area contributed by atoms with Gasteiger partial charge in [-0.1, -0.05) is 30.3 Å². The van der Waals surface area contributed by atoms with Crippen molar-refractivity contribution in [1.82, 2.24) is 15.2 Å². The maximum absolute atomic E-state index is 13.4. The average molecular weight is 416 g/mol. The van der Waals surface area contributed by atoms with Crippen LogP contribution in [0.5, 0.6) is 0 Å². The van der Waals surface area contributed by atoms with Crippen molar-refractivity contribution in [3.63, 3.8) is 0 Å². The summed E-state index contributed by atoms with van der Waals surface area (Å²) >= 11 is 0. The molecule has 3 aromatic rings. The van der Waals surface area contributed by atoms with Crippen molar-refractivity contribution < 1.29 is 4.39 Å². The number of nitrogens with one attached hydrogen (secondary N) is 2. The Morgan fingerprint density at radius 2 is 1.83 bits per heavy atom. The van der Waals surface area contributed by atoms with Crippen molar-refractivity contribution in [2.45, 2.75) is 38.1 Å². The molecule has 1 saturated heterocycles. The first kappa shape index (κ1) is 21.8. The third kappa shape index (κ3) is 5.81. The fourth-order valence-electron chi connectivity index (χ4n) is 4.34. The van der Waals surface area contributed by atoms with E-state index in [2.05, 4.69) is 51.7 Å². The molecular weight excluding hydrogens is 385 g/mol. The van der Waals surface area contributed by atoms with E-state index in [4.69, 9.17) is 0 Å². The Balaban J connectivity index is 0.00000240. The van der Waals surface area contributed by atoms with E-state index < -0.39 is 0 Å². The molecule has 156 valence electrons. The largest absolute Gasteiger partial charge is 0.361 e. The number of unbranched alkanes of at least 4 members (excludes halogenated alkanes) is 1. The van der Waals surface area contributed by atoms with Crippen molar-refractivity contribution in [2.24, 2.45) is 0 Å². The Hall–Kier alpha value is -1.88. The molecule has 0 amide bonds. The van der Waals surface area contributed by atoms with Crippen molar-refractivity contribution in [2.75, 3.05) is 26.2 Å². The predicted octanol–water partition coefficient (Wildman–Crippen LogP) is 5.48. The van der Waals surface area contributed by atoms with Gasteiger partial charge >= 0.3 is 0 Å². The monoisotopic (exact) mass is 415 g/mol. The topological polar surface area (TPSA) is 31.1 Å². The zero-order valence-corrected chi connectivity index (χ0v) is 17.7.